The molecular weight excluding hydrogens is 210 g/mol. The summed E-state index contributed by atoms with van der Waals surface area (Å²) in [5, 5.41) is 6.55. The molecule has 0 radical (unpaired) electrons. The highest BCUT2D eigenvalue weighted by atomic mass is 32.1. The van der Waals surface area contributed by atoms with E-state index in [2.05, 4.69) is 17.1 Å². The minimum Gasteiger partial charge on any atom is -0.390 e. The first kappa shape index (κ1) is 10.2. The minimum atomic E-state index is 0.528. The maximum Gasteiger partial charge on any atom is 0.260 e. The Morgan fingerprint density at radius 3 is 3.07 bits per heavy atom. The van der Waals surface area contributed by atoms with Gasteiger partial charge in [-0.2, -0.15) is 4.98 Å². The summed E-state index contributed by atoms with van der Waals surface area (Å²) in [4.78, 5) is 4.30. The summed E-state index contributed by atoms with van der Waals surface area (Å²) >= 11 is 1.48. The van der Waals surface area contributed by atoms with E-state index in [1.54, 1.807) is 0 Å². The SMILES string of the molecule is CCCCc1noc(-c2ccsc2N)n1. The smallest absolute Gasteiger partial charge is 0.260 e. The van der Waals surface area contributed by atoms with Gasteiger partial charge in [-0.25, -0.2) is 0 Å². The van der Waals surface area contributed by atoms with Crippen molar-refractivity contribution in [1.82, 2.24) is 10.1 Å². The molecule has 0 aliphatic heterocycles. The Morgan fingerprint density at radius 1 is 1.53 bits per heavy atom. The third-order valence-electron chi connectivity index (χ3n) is 2.15. The molecule has 80 valence electrons. The van der Waals surface area contributed by atoms with E-state index in [1.165, 1.54) is 11.3 Å². The van der Waals surface area contributed by atoms with Crippen molar-refractivity contribution in [3.8, 4) is 11.5 Å². The molecule has 0 saturated carbocycles. The molecule has 0 amide bonds. The highest BCUT2D eigenvalue weighted by Gasteiger charge is 2.11. The van der Waals surface area contributed by atoms with Crippen LogP contribution in [0.3, 0.4) is 0 Å². The summed E-state index contributed by atoms with van der Waals surface area (Å²) in [6.45, 7) is 2.14. The van der Waals surface area contributed by atoms with E-state index in [0.717, 1.165) is 35.7 Å². The lowest BCUT2D eigenvalue weighted by atomic mass is 10.2. The normalized spacial score (nSPS) is 10.7. The summed E-state index contributed by atoms with van der Waals surface area (Å²) in [6.07, 6.45) is 3.08. The highest BCUT2D eigenvalue weighted by molar-refractivity contribution is 7.14. The number of nitrogens with zero attached hydrogens (tertiary/aromatic N) is 2. The standard InChI is InChI=1S/C10H13N3OS/c1-2-3-4-8-12-10(14-13-8)7-5-6-15-9(7)11/h5-6H,2-4,11H2,1H3. The molecule has 4 nitrogen and oxygen atoms in total. The van der Waals surface area contributed by atoms with Crippen molar-refractivity contribution in [3.63, 3.8) is 0 Å². The van der Waals surface area contributed by atoms with Gasteiger partial charge in [0, 0.05) is 6.42 Å². The van der Waals surface area contributed by atoms with Gasteiger partial charge in [-0.15, -0.1) is 11.3 Å². The molecule has 0 aliphatic rings. The summed E-state index contributed by atoms with van der Waals surface area (Å²) < 4.78 is 5.15. The lowest BCUT2D eigenvalue weighted by Gasteiger charge is -1.90. The van der Waals surface area contributed by atoms with Gasteiger partial charge < -0.3 is 10.3 Å². The van der Waals surface area contributed by atoms with E-state index in [0.29, 0.717) is 5.89 Å². The van der Waals surface area contributed by atoms with E-state index in [1.807, 2.05) is 11.4 Å². The van der Waals surface area contributed by atoms with Crippen LogP contribution in [0.15, 0.2) is 16.0 Å². The molecule has 0 bridgehead atoms. The Kier molecular flexibility index (Phi) is 3.01. The van der Waals surface area contributed by atoms with Crippen molar-refractivity contribution < 1.29 is 4.52 Å². The van der Waals surface area contributed by atoms with Crippen LogP contribution in [0.1, 0.15) is 25.6 Å². The number of thiophene rings is 1. The van der Waals surface area contributed by atoms with E-state index in [9.17, 15) is 0 Å². The quantitative estimate of drug-likeness (QED) is 0.865. The molecule has 0 aliphatic carbocycles. The lowest BCUT2D eigenvalue weighted by molar-refractivity contribution is 0.422. The predicted molar refractivity (Wildman–Crippen MR) is 60.6 cm³/mol. The number of rotatable bonds is 4. The van der Waals surface area contributed by atoms with Crippen molar-refractivity contribution in [2.24, 2.45) is 0 Å². The maximum absolute atomic E-state index is 5.77. The van der Waals surface area contributed by atoms with Gasteiger partial charge in [0.05, 0.1) is 10.6 Å². The van der Waals surface area contributed by atoms with Gasteiger partial charge in [-0.3, -0.25) is 0 Å². The first-order chi connectivity index (χ1) is 7.31. The van der Waals surface area contributed by atoms with Gasteiger partial charge in [0.1, 0.15) is 0 Å². The van der Waals surface area contributed by atoms with Crippen molar-refractivity contribution >= 4 is 16.3 Å². The Bertz CT molecular complexity index is 435. The highest BCUT2D eigenvalue weighted by Crippen LogP contribution is 2.28. The fourth-order valence-corrected chi connectivity index (χ4v) is 1.93. The van der Waals surface area contributed by atoms with Gasteiger partial charge in [0.2, 0.25) is 0 Å². The van der Waals surface area contributed by atoms with Crippen molar-refractivity contribution in [2.75, 3.05) is 5.73 Å². The van der Waals surface area contributed by atoms with E-state index >= 15 is 0 Å². The molecule has 2 heterocycles. The Balaban J connectivity index is 2.17. The average Bonchev–Trinajstić information content (AvgIpc) is 2.83. The van der Waals surface area contributed by atoms with Crippen LogP contribution in [0.2, 0.25) is 0 Å². The van der Waals surface area contributed by atoms with Crippen molar-refractivity contribution in [1.29, 1.82) is 0 Å². The molecule has 0 fully saturated rings. The zero-order valence-corrected chi connectivity index (χ0v) is 9.38. The molecule has 2 N–H and O–H groups in total. The molecule has 0 atom stereocenters. The number of aryl methyl sites for hydroxylation is 1. The molecule has 2 rings (SSSR count). The summed E-state index contributed by atoms with van der Waals surface area (Å²) in [5.74, 6) is 1.29. The number of aromatic nitrogens is 2. The van der Waals surface area contributed by atoms with Crippen LogP contribution in [-0.4, -0.2) is 10.1 Å². The third kappa shape index (κ3) is 2.18. The summed E-state index contributed by atoms with van der Waals surface area (Å²) in [6, 6.07) is 1.90. The topological polar surface area (TPSA) is 64.9 Å². The second-order valence-electron chi connectivity index (χ2n) is 3.32. The fourth-order valence-electron chi connectivity index (χ4n) is 1.30. The summed E-state index contributed by atoms with van der Waals surface area (Å²) in [5.41, 5.74) is 6.62. The second kappa shape index (κ2) is 4.44. The van der Waals surface area contributed by atoms with E-state index in [-0.39, 0.29) is 0 Å². The Hall–Kier alpha value is -1.36. The van der Waals surface area contributed by atoms with Crippen LogP contribution in [0.4, 0.5) is 5.00 Å². The first-order valence-electron chi connectivity index (χ1n) is 4.97. The van der Waals surface area contributed by atoms with Crippen LogP contribution < -0.4 is 5.73 Å². The van der Waals surface area contributed by atoms with Gasteiger partial charge >= 0.3 is 0 Å². The fraction of sp³-hybridized carbons (Fsp3) is 0.400. The molecule has 0 unspecified atom stereocenters. The van der Waals surface area contributed by atoms with Gasteiger partial charge in [0.15, 0.2) is 5.82 Å². The molecule has 2 aromatic rings. The second-order valence-corrected chi connectivity index (χ2v) is 4.27. The molecule has 2 aromatic heterocycles. The van der Waals surface area contributed by atoms with Crippen LogP contribution in [0.5, 0.6) is 0 Å². The Labute approximate surface area is 92.1 Å². The zero-order chi connectivity index (χ0) is 10.7. The van der Waals surface area contributed by atoms with Crippen LogP contribution >= 0.6 is 11.3 Å². The minimum absolute atomic E-state index is 0.528. The predicted octanol–water partition coefficient (Wildman–Crippen LogP) is 2.72. The maximum atomic E-state index is 5.77. The zero-order valence-electron chi connectivity index (χ0n) is 8.56. The average molecular weight is 223 g/mol. The number of nitrogen functional groups attached to an aromatic ring is 1. The monoisotopic (exact) mass is 223 g/mol. The van der Waals surface area contributed by atoms with Crippen LogP contribution in [0, 0.1) is 0 Å². The van der Waals surface area contributed by atoms with Crippen molar-refractivity contribution in [2.45, 2.75) is 26.2 Å². The number of nitrogens with two attached hydrogens (primary N) is 1. The molecule has 0 aromatic carbocycles. The number of hydrogen-bond acceptors (Lipinski definition) is 5. The number of hydrogen-bond donors (Lipinski definition) is 1. The third-order valence-corrected chi connectivity index (χ3v) is 2.89. The van der Waals surface area contributed by atoms with E-state index in [4.69, 9.17) is 10.3 Å². The Morgan fingerprint density at radius 2 is 2.40 bits per heavy atom. The van der Waals surface area contributed by atoms with Crippen molar-refractivity contribution in [3.05, 3.63) is 17.3 Å². The molecule has 0 saturated heterocycles. The number of anilines is 1. The molecule has 5 heteroatoms. The number of unbranched alkanes of at least 4 members (excludes halogenated alkanes) is 1. The first-order valence-corrected chi connectivity index (χ1v) is 5.85. The lowest BCUT2D eigenvalue weighted by Crippen LogP contribution is -1.87. The van der Waals surface area contributed by atoms with Crippen LogP contribution in [0.25, 0.3) is 11.5 Å². The molecular formula is C10H13N3OS. The van der Waals surface area contributed by atoms with E-state index < -0.39 is 0 Å². The summed E-state index contributed by atoms with van der Waals surface area (Å²) in [7, 11) is 0. The molecule has 15 heavy (non-hydrogen) atoms. The largest absolute Gasteiger partial charge is 0.390 e. The van der Waals surface area contributed by atoms with Gasteiger partial charge in [0.25, 0.3) is 5.89 Å². The van der Waals surface area contributed by atoms with Gasteiger partial charge in [-0.05, 0) is 17.9 Å². The van der Waals surface area contributed by atoms with Gasteiger partial charge in [-0.1, -0.05) is 18.5 Å². The molecule has 0 spiro atoms. The van der Waals surface area contributed by atoms with Crippen LogP contribution in [-0.2, 0) is 6.42 Å².